The molecule has 4 rings (SSSR count). The molecule has 1 aliphatic heterocycles. The average Bonchev–Trinajstić information content (AvgIpc) is 3.28. The maximum Gasteiger partial charge on any atom is 0.346 e. The van der Waals surface area contributed by atoms with Gasteiger partial charge >= 0.3 is 5.97 Å². The van der Waals surface area contributed by atoms with Crippen LogP contribution in [-0.4, -0.2) is 37.6 Å². The summed E-state index contributed by atoms with van der Waals surface area (Å²) in [6.45, 7) is 15.3. The van der Waals surface area contributed by atoms with E-state index in [2.05, 4.69) is 45.6 Å². The van der Waals surface area contributed by atoms with E-state index in [0.29, 0.717) is 4.88 Å². The summed E-state index contributed by atoms with van der Waals surface area (Å²) in [6.07, 6.45) is 3.91. The Bertz CT molecular complexity index is 1110. The highest BCUT2D eigenvalue weighted by atomic mass is 32.1. The lowest BCUT2D eigenvalue weighted by molar-refractivity contribution is 0.0653. The van der Waals surface area contributed by atoms with Crippen LogP contribution in [0.1, 0.15) is 59.5 Å². The molecule has 1 fully saturated rings. The van der Waals surface area contributed by atoms with E-state index in [0.717, 1.165) is 41.7 Å². The van der Waals surface area contributed by atoms with Gasteiger partial charge in [-0.1, -0.05) is 49.2 Å². The van der Waals surface area contributed by atoms with Crippen molar-refractivity contribution in [1.29, 1.82) is 0 Å². The lowest BCUT2D eigenvalue weighted by Crippen LogP contribution is -2.14. The molecular weight excluding hydrogens is 506 g/mol. The first-order valence-electron chi connectivity index (χ1n) is 12.8. The van der Waals surface area contributed by atoms with Gasteiger partial charge in [-0.2, -0.15) is 0 Å². The molecule has 0 saturated carbocycles. The van der Waals surface area contributed by atoms with Gasteiger partial charge in [-0.05, 0) is 88.0 Å². The molecule has 1 unspecified atom stereocenters. The molecule has 37 heavy (non-hydrogen) atoms. The van der Waals surface area contributed by atoms with Crippen LogP contribution in [0.5, 0.6) is 0 Å². The van der Waals surface area contributed by atoms with Crippen molar-refractivity contribution in [2.75, 3.05) is 26.5 Å². The Morgan fingerprint density at radius 2 is 1.70 bits per heavy atom. The van der Waals surface area contributed by atoms with Crippen molar-refractivity contribution in [2.45, 2.75) is 53.9 Å². The molecule has 2 aromatic carbocycles. The normalized spacial score (nSPS) is 14.1. The molecule has 0 aliphatic carbocycles. The summed E-state index contributed by atoms with van der Waals surface area (Å²) < 4.78 is 23.5. The first-order valence-corrected chi connectivity index (χ1v) is 15.3. The van der Waals surface area contributed by atoms with Gasteiger partial charge in [0.2, 0.25) is 0 Å². The van der Waals surface area contributed by atoms with Crippen LogP contribution < -0.4 is 5.30 Å². The summed E-state index contributed by atoms with van der Waals surface area (Å²) in [4.78, 5) is 12.0. The van der Waals surface area contributed by atoms with Gasteiger partial charge in [0.25, 0.3) is 0 Å². The molecule has 0 amide bonds. The van der Waals surface area contributed by atoms with Gasteiger partial charge < -0.3 is 14.4 Å². The number of rotatable bonds is 6. The smallest absolute Gasteiger partial charge is 0.346 e. The lowest BCUT2D eigenvalue weighted by Gasteiger charge is -2.19. The molecule has 1 aliphatic rings. The molecule has 0 radical (unpaired) electrons. The Morgan fingerprint density at radius 1 is 1.05 bits per heavy atom. The largest absolute Gasteiger partial charge is 0.477 e. The summed E-state index contributed by atoms with van der Waals surface area (Å²) in [5.74, 6) is -0.255. The van der Waals surface area contributed by atoms with Crippen LogP contribution in [0, 0.1) is 32.5 Å². The number of carbonyl (C=O) groups is 1. The molecule has 2 heterocycles. The van der Waals surface area contributed by atoms with Crippen LogP contribution >= 0.6 is 19.5 Å². The number of aryl methyl sites for hydroxylation is 3. The van der Waals surface area contributed by atoms with Gasteiger partial charge in [-0.25, -0.2) is 9.18 Å². The predicted molar refractivity (Wildman–Crippen MR) is 155 cm³/mol. The van der Waals surface area contributed by atoms with Gasteiger partial charge in [0.05, 0.1) is 8.15 Å². The second-order valence-electron chi connectivity index (χ2n) is 9.10. The molecule has 1 atom stereocenters. The van der Waals surface area contributed by atoms with Crippen LogP contribution in [0.25, 0.3) is 10.4 Å². The fourth-order valence-electron chi connectivity index (χ4n) is 4.03. The number of carboxylic acid groups (broad SMARTS) is 1. The van der Waals surface area contributed by atoms with Crippen LogP contribution in [0.4, 0.5) is 4.39 Å². The maximum atomic E-state index is 12.7. The topological polar surface area (TPSA) is 55.8 Å². The summed E-state index contributed by atoms with van der Waals surface area (Å²) in [7, 11) is -0.409. The van der Waals surface area contributed by atoms with Gasteiger partial charge in [0.1, 0.15) is 10.7 Å². The lowest BCUT2D eigenvalue weighted by atomic mass is 9.98. The molecule has 3 aromatic rings. The van der Waals surface area contributed by atoms with Crippen molar-refractivity contribution >= 4 is 30.8 Å². The Balaban J connectivity index is 0.000000206. The van der Waals surface area contributed by atoms with E-state index in [4.69, 9.17) is 14.4 Å². The van der Waals surface area contributed by atoms with Gasteiger partial charge in [-0.15, -0.1) is 11.3 Å². The maximum absolute atomic E-state index is 12.7. The fourth-order valence-corrected chi connectivity index (χ4v) is 6.42. The second-order valence-corrected chi connectivity index (χ2v) is 11.9. The zero-order valence-corrected chi connectivity index (χ0v) is 24.6. The van der Waals surface area contributed by atoms with Crippen molar-refractivity contribution in [3.05, 3.63) is 75.9 Å². The number of hydrogen-bond donors (Lipinski definition) is 1. The standard InChI is InChI=1S/C12H9FO2S.C11H17OP.C7H14O/c1-7-6-10(16-11(7)12(14)15)8-2-4-9(13)5-3-8;1-5-12-13(4)11-7-6-9(2)8-10(11)3;1-2-7-3-5-8-6-4-7/h2-6H,1H3,(H,14,15);6-8H,5H2,1-4H3;7H,2-6H2,1H3. The van der Waals surface area contributed by atoms with Crippen molar-refractivity contribution in [3.8, 4) is 10.4 Å². The number of halogens is 1. The SMILES string of the molecule is CCC1CCOCC1.CCOP(C)c1ccc(C)cc1C.Cc1cc(-c2ccc(F)cc2)sc1C(=O)O. The minimum Gasteiger partial charge on any atom is -0.477 e. The quantitative estimate of drug-likeness (QED) is 0.316. The molecule has 7 heteroatoms. The monoisotopic (exact) mass is 546 g/mol. The predicted octanol–water partition coefficient (Wildman–Crippen LogP) is 8.38. The zero-order valence-electron chi connectivity index (χ0n) is 22.8. The van der Waals surface area contributed by atoms with Crippen LogP contribution in [0.2, 0.25) is 0 Å². The molecule has 1 saturated heterocycles. The number of aromatic carboxylic acids is 1. The number of benzene rings is 2. The molecule has 1 aromatic heterocycles. The zero-order chi connectivity index (χ0) is 27.4. The number of ether oxygens (including phenoxy) is 1. The average molecular weight is 547 g/mol. The van der Waals surface area contributed by atoms with Crippen LogP contribution in [0.3, 0.4) is 0 Å². The highest BCUT2D eigenvalue weighted by Crippen LogP contribution is 2.32. The van der Waals surface area contributed by atoms with E-state index in [1.807, 2.05) is 6.92 Å². The van der Waals surface area contributed by atoms with Gasteiger partial charge in [-0.3, -0.25) is 0 Å². The molecular formula is C30H40FO4PS. The Labute approximate surface area is 226 Å². The van der Waals surface area contributed by atoms with E-state index in [1.54, 1.807) is 25.1 Å². The first-order chi connectivity index (χ1) is 17.7. The Hall–Kier alpha value is -2.11. The van der Waals surface area contributed by atoms with Crippen molar-refractivity contribution in [2.24, 2.45) is 5.92 Å². The summed E-state index contributed by atoms with van der Waals surface area (Å²) in [5, 5.41) is 10.3. The minimum absolute atomic E-state index is 0.296. The van der Waals surface area contributed by atoms with E-state index in [-0.39, 0.29) is 5.82 Å². The van der Waals surface area contributed by atoms with E-state index >= 15 is 0 Å². The summed E-state index contributed by atoms with van der Waals surface area (Å²) >= 11 is 1.20. The minimum atomic E-state index is -0.920. The van der Waals surface area contributed by atoms with Gasteiger partial charge in [0.15, 0.2) is 0 Å². The molecule has 4 nitrogen and oxygen atoms in total. The molecule has 0 spiro atoms. The summed E-state index contributed by atoms with van der Waals surface area (Å²) in [6, 6.07) is 14.4. The van der Waals surface area contributed by atoms with E-state index in [9.17, 15) is 9.18 Å². The van der Waals surface area contributed by atoms with Gasteiger partial charge in [0, 0.05) is 30.0 Å². The van der Waals surface area contributed by atoms with Crippen molar-refractivity contribution in [1.82, 2.24) is 0 Å². The Kier molecular flexibility index (Phi) is 13.4. The third-order valence-electron chi connectivity index (χ3n) is 6.17. The number of thiophene rings is 1. The number of hydrogen-bond acceptors (Lipinski definition) is 4. The van der Waals surface area contributed by atoms with Crippen molar-refractivity contribution < 1.29 is 23.6 Å². The Morgan fingerprint density at radius 3 is 2.19 bits per heavy atom. The first kappa shape index (κ1) is 31.1. The molecule has 1 N–H and O–H groups in total. The third kappa shape index (κ3) is 10.3. The molecule has 0 bridgehead atoms. The van der Waals surface area contributed by atoms with Crippen molar-refractivity contribution in [3.63, 3.8) is 0 Å². The fraction of sp³-hybridized carbons (Fsp3) is 0.433. The van der Waals surface area contributed by atoms with E-state index in [1.165, 1.54) is 59.2 Å². The highest BCUT2D eigenvalue weighted by molar-refractivity contribution is 7.60. The third-order valence-corrected chi connectivity index (χ3v) is 9.27. The highest BCUT2D eigenvalue weighted by Gasteiger charge is 2.13. The summed E-state index contributed by atoms with van der Waals surface area (Å²) in [5.41, 5.74) is 4.24. The van der Waals surface area contributed by atoms with E-state index < -0.39 is 14.1 Å². The molecule has 202 valence electrons. The van der Waals surface area contributed by atoms with Crippen LogP contribution in [0.15, 0.2) is 48.5 Å². The van der Waals surface area contributed by atoms with Crippen LogP contribution in [-0.2, 0) is 9.26 Å². The second kappa shape index (κ2) is 16.0. The number of carboxylic acids is 1.